The number of hydrogen-bond acceptors (Lipinski definition) is 4. The number of carbonyl (C=O) groups excluding carboxylic acids is 1. The van der Waals surface area contributed by atoms with E-state index in [9.17, 15) is 4.79 Å². The van der Waals surface area contributed by atoms with Crippen molar-refractivity contribution in [3.63, 3.8) is 0 Å². The van der Waals surface area contributed by atoms with Gasteiger partial charge in [0.2, 0.25) is 0 Å². The van der Waals surface area contributed by atoms with Crippen LogP contribution in [0, 0.1) is 13.8 Å². The van der Waals surface area contributed by atoms with Crippen LogP contribution in [0.5, 0.6) is 5.75 Å². The van der Waals surface area contributed by atoms with Gasteiger partial charge in [0, 0.05) is 12.3 Å². The van der Waals surface area contributed by atoms with Gasteiger partial charge in [-0.15, -0.1) is 0 Å². The van der Waals surface area contributed by atoms with Crippen molar-refractivity contribution in [1.29, 1.82) is 0 Å². The van der Waals surface area contributed by atoms with Crippen LogP contribution >= 0.6 is 0 Å². The zero-order chi connectivity index (χ0) is 20.9. The maximum atomic E-state index is 12.5. The highest BCUT2D eigenvalue weighted by atomic mass is 16.5. The molecule has 0 unspecified atom stereocenters. The number of anilines is 1. The van der Waals surface area contributed by atoms with E-state index in [0.29, 0.717) is 18.1 Å². The molecule has 0 aliphatic rings. The Labute approximate surface area is 175 Å². The third-order valence-electron chi connectivity index (χ3n) is 4.67. The van der Waals surface area contributed by atoms with Crippen LogP contribution in [0.1, 0.15) is 33.0 Å². The number of aryl methyl sites for hydroxylation is 2. The highest BCUT2D eigenvalue weighted by Crippen LogP contribution is 2.21. The molecule has 0 spiro atoms. The number of hydrogen-bond donors (Lipinski definition) is 1. The summed E-state index contributed by atoms with van der Waals surface area (Å²) in [6, 6.07) is 21.2. The van der Waals surface area contributed by atoms with Gasteiger partial charge in [0.25, 0.3) is 5.91 Å². The summed E-state index contributed by atoms with van der Waals surface area (Å²) in [5.74, 6) is 1.72. The molecule has 0 fully saturated rings. The zero-order valence-corrected chi connectivity index (χ0v) is 17.0. The van der Waals surface area contributed by atoms with Gasteiger partial charge in [0.05, 0.1) is 6.54 Å². The number of ether oxygens (including phenoxy) is 1. The van der Waals surface area contributed by atoms with Gasteiger partial charge in [-0.25, -0.2) is 0 Å². The molecule has 0 bridgehead atoms. The lowest BCUT2D eigenvalue weighted by molar-refractivity contribution is 0.0992. The van der Waals surface area contributed by atoms with Gasteiger partial charge in [-0.1, -0.05) is 42.5 Å². The SMILES string of the molecule is Cc1ccc(C)c(OCc2ccc(C(=O)Nc3ccn(Cc4ccccc4)n3)o2)c1. The quantitative estimate of drug-likeness (QED) is 0.475. The predicted octanol–water partition coefficient (Wildman–Crippen LogP) is 4.97. The maximum Gasteiger partial charge on any atom is 0.292 e. The van der Waals surface area contributed by atoms with E-state index in [1.807, 2.05) is 68.6 Å². The molecular weight excluding hydrogens is 378 g/mol. The van der Waals surface area contributed by atoms with Gasteiger partial charge in [0.15, 0.2) is 11.6 Å². The van der Waals surface area contributed by atoms with Crippen molar-refractivity contribution in [2.75, 3.05) is 5.32 Å². The Morgan fingerprint density at radius 2 is 1.90 bits per heavy atom. The van der Waals surface area contributed by atoms with Crippen LogP contribution in [-0.2, 0) is 13.2 Å². The van der Waals surface area contributed by atoms with Crippen molar-refractivity contribution in [3.05, 3.63) is 101 Å². The van der Waals surface area contributed by atoms with E-state index in [1.165, 1.54) is 0 Å². The lowest BCUT2D eigenvalue weighted by Crippen LogP contribution is -2.12. The molecule has 1 N–H and O–H groups in total. The average molecular weight is 401 g/mol. The molecule has 0 aliphatic heterocycles. The molecule has 0 radical (unpaired) electrons. The molecule has 6 heteroatoms. The third kappa shape index (κ3) is 4.78. The Bertz CT molecular complexity index is 1150. The van der Waals surface area contributed by atoms with Gasteiger partial charge < -0.3 is 14.5 Å². The summed E-state index contributed by atoms with van der Waals surface area (Å²) in [6.45, 7) is 4.90. The second-order valence-electron chi connectivity index (χ2n) is 7.16. The summed E-state index contributed by atoms with van der Waals surface area (Å²) in [5, 5.41) is 7.15. The van der Waals surface area contributed by atoms with E-state index in [-0.39, 0.29) is 18.3 Å². The van der Waals surface area contributed by atoms with Crippen LogP contribution in [0.2, 0.25) is 0 Å². The first-order chi connectivity index (χ1) is 14.6. The van der Waals surface area contributed by atoms with Crippen molar-refractivity contribution in [2.24, 2.45) is 0 Å². The van der Waals surface area contributed by atoms with Gasteiger partial charge in [-0.05, 0) is 48.7 Å². The van der Waals surface area contributed by atoms with Gasteiger partial charge in [-0.3, -0.25) is 9.48 Å². The second-order valence-corrected chi connectivity index (χ2v) is 7.16. The van der Waals surface area contributed by atoms with Gasteiger partial charge >= 0.3 is 0 Å². The first-order valence-corrected chi connectivity index (χ1v) is 9.74. The summed E-state index contributed by atoms with van der Waals surface area (Å²) >= 11 is 0. The van der Waals surface area contributed by atoms with Crippen molar-refractivity contribution < 1.29 is 13.9 Å². The number of nitrogens with zero attached hydrogens (tertiary/aromatic N) is 2. The van der Waals surface area contributed by atoms with Crippen LogP contribution in [-0.4, -0.2) is 15.7 Å². The lowest BCUT2D eigenvalue weighted by Gasteiger charge is -2.08. The summed E-state index contributed by atoms with van der Waals surface area (Å²) in [6.07, 6.45) is 1.83. The second kappa shape index (κ2) is 8.69. The number of amides is 1. The standard InChI is InChI=1S/C24H23N3O3/c1-17-8-9-18(2)22(14-17)29-16-20-10-11-21(30-20)24(28)25-23-12-13-27(26-23)15-19-6-4-3-5-7-19/h3-14H,15-16H2,1-2H3,(H,25,26,28). The molecule has 4 rings (SSSR count). The van der Waals surface area contributed by atoms with Gasteiger partial charge in [-0.2, -0.15) is 5.10 Å². The molecule has 4 aromatic rings. The number of nitrogens with one attached hydrogen (secondary N) is 1. The van der Waals surface area contributed by atoms with Crippen molar-refractivity contribution in [1.82, 2.24) is 9.78 Å². The molecule has 0 atom stereocenters. The fourth-order valence-electron chi connectivity index (χ4n) is 3.05. The summed E-state index contributed by atoms with van der Waals surface area (Å²) in [4.78, 5) is 12.5. The molecule has 0 aliphatic carbocycles. The molecule has 0 saturated heterocycles. The van der Waals surface area contributed by atoms with E-state index >= 15 is 0 Å². The number of rotatable bonds is 7. The number of carbonyl (C=O) groups is 1. The number of aromatic nitrogens is 2. The molecular formula is C24H23N3O3. The van der Waals surface area contributed by atoms with Crippen LogP contribution in [0.4, 0.5) is 5.82 Å². The van der Waals surface area contributed by atoms with E-state index in [1.54, 1.807) is 22.9 Å². The molecule has 2 aromatic heterocycles. The predicted molar refractivity (Wildman–Crippen MR) is 115 cm³/mol. The smallest absolute Gasteiger partial charge is 0.292 e. The minimum Gasteiger partial charge on any atom is -0.485 e. The van der Waals surface area contributed by atoms with Gasteiger partial charge in [0.1, 0.15) is 18.1 Å². The number of benzene rings is 2. The van der Waals surface area contributed by atoms with E-state index in [2.05, 4.69) is 10.4 Å². The zero-order valence-electron chi connectivity index (χ0n) is 17.0. The van der Waals surface area contributed by atoms with Crippen LogP contribution < -0.4 is 10.1 Å². The number of furan rings is 1. The highest BCUT2D eigenvalue weighted by molar-refractivity contribution is 6.01. The topological polar surface area (TPSA) is 69.3 Å². The summed E-state index contributed by atoms with van der Waals surface area (Å²) in [7, 11) is 0. The van der Waals surface area contributed by atoms with Crippen LogP contribution in [0.3, 0.4) is 0 Å². The maximum absolute atomic E-state index is 12.5. The van der Waals surface area contributed by atoms with Crippen molar-refractivity contribution >= 4 is 11.7 Å². The molecule has 1 amide bonds. The summed E-state index contributed by atoms with van der Waals surface area (Å²) < 4.78 is 13.2. The van der Waals surface area contributed by atoms with Crippen molar-refractivity contribution in [2.45, 2.75) is 27.0 Å². The molecule has 2 heterocycles. The Morgan fingerprint density at radius 1 is 1.07 bits per heavy atom. The fourth-order valence-corrected chi connectivity index (χ4v) is 3.05. The molecule has 152 valence electrons. The highest BCUT2D eigenvalue weighted by Gasteiger charge is 2.13. The Balaban J connectivity index is 1.34. The lowest BCUT2D eigenvalue weighted by atomic mass is 10.1. The minimum atomic E-state index is -0.349. The molecule has 30 heavy (non-hydrogen) atoms. The molecule has 6 nitrogen and oxygen atoms in total. The van der Waals surface area contributed by atoms with Crippen molar-refractivity contribution in [3.8, 4) is 5.75 Å². The Morgan fingerprint density at radius 3 is 2.73 bits per heavy atom. The minimum absolute atomic E-state index is 0.215. The Hall–Kier alpha value is -3.80. The van der Waals surface area contributed by atoms with E-state index < -0.39 is 0 Å². The fraction of sp³-hybridized carbons (Fsp3) is 0.167. The largest absolute Gasteiger partial charge is 0.485 e. The molecule has 0 saturated carbocycles. The Kier molecular flexibility index (Phi) is 5.66. The van der Waals surface area contributed by atoms with E-state index in [0.717, 1.165) is 22.4 Å². The van der Waals surface area contributed by atoms with E-state index in [4.69, 9.17) is 9.15 Å². The first kappa shape index (κ1) is 19.5. The summed E-state index contributed by atoms with van der Waals surface area (Å²) in [5.41, 5.74) is 3.32. The first-order valence-electron chi connectivity index (χ1n) is 9.74. The normalized spacial score (nSPS) is 10.7. The monoisotopic (exact) mass is 401 g/mol. The van der Waals surface area contributed by atoms with Crippen LogP contribution in [0.25, 0.3) is 0 Å². The third-order valence-corrected chi connectivity index (χ3v) is 4.67. The average Bonchev–Trinajstić information content (AvgIpc) is 3.39. The van der Waals surface area contributed by atoms with Crippen LogP contribution in [0.15, 0.2) is 77.3 Å². The molecule has 2 aromatic carbocycles.